The van der Waals surface area contributed by atoms with Crippen LogP contribution in [-0.2, 0) is 9.84 Å². The van der Waals surface area contributed by atoms with Gasteiger partial charge in [0.1, 0.15) is 0 Å². The van der Waals surface area contributed by atoms with Crippen LogP contribution in [0.4, 0.5) is 0 Å². The van der Waals surface area contributed by atoms with Crippen molar-refractivity contribution in [2.24, 2.45) is 0 Å². The van der Waals surface area contributed by atoms with Gasteiger partial charge >= 0.3 is 0 Å². The molecule has 1 aromatic carbocycles. The minimum absolute atomic E-state index is 0.00456. The highest BCUT2D eigenvalue weighted by atomic mass is 32.2. The van der Waals surface area contributed by atoms with Crippen LogP contribution in [0.15, 0.2) is 29.2 Å². The molecule has 0 aliphatic carbocycles. The molecule has 98 valence electrons. The summed E-state index contributed by atoms with van der Waals surface area (Å²) in [6.45, 7) is 0.819. The average Bonchev–Trinajstić information content (AvgIpc) is 2.37. The number of aliphatic hydroxyl groups is 1. The number of nitriles is 1. The topological polar surface area (TPSA) is 81.4 Å². The molecule has 0 atom stereocenters. The Morgan fingerprint density at radius 1 is 1.28 bits per heavy atom. The zero-order valence-corrected chi connectivity index (χ0v) is 11.0. The zero-order valence-electron chi connectivity index (χ0n) is 10.2. The predicted octanol–water partition coefficient (Wildman–Crippen LogP) is 0.256. The van der Waals surface area contributed by atoms with Crippen molar-refractivity contribution in [1.29, 1.82) is 5.26 Å². The van der Waals surface area contributed by atoms with E-state index >= 15 is 0 Å². The van der Waals surface area contributed by atoms with Crippen LogP contribution in [0.1, 0.15) is 5.56 Å². The van der Waals surface area contributed by atoms with E-state index in [4.69, 9.17) is 10.4 Å². The van der Waals surface area contributed by atoms with Crippen molar-refractivity contribution in [2.45, 2.75) is 4.90 Å². The molecule has 0 aromatic heterocycles. The summed E-state index contributed by atoms with van der Waals surface area (Å²) in [5.41, 5.74) is 0.436. The fourth-order valence-corrected chi connectivity index (χ4v) is 2.75. The molecule has 0 saturated heterocycles. The largest absolute Gasteiger partial charge is 0.395 e. The van der Waals surface area contributed by atoms with E-state index in [1.165, 1.54) is 24.3 Å². The third-order valence-corrected chi connectivity index (χ3v) is 4.28. The molecule has 0 heterocycles. The number of hydrogen-bond acceptors (Lipinski definition) is 5. The van der Waals surface area contributed by atoms with Crippen molar-refractivity contribution in [2.75, 3.05) is 32.5 Å². The molecule has 0 bridgehead atoms. The Balaban J connectivity index is 2.71. The number of benzene rings is 1. The standard InChI is InChI=1S/C12H16N2O3S/c1-14(6-8-15)7-9-18(16,17)12-4-2-11(10-13)3-5-12/h2-5,15H,6-9H2,1H3. The van der Waals surface area contributed by atoms with Crippen molar-refractivity contribution < 1.29 is 13.5 Å². The van der Waals surface area contributed by atoms with Gasteiger partial charge in [-0.15, -0.1) is 0 Å². The van der Waals surface area contributed by atoms with Gasteiger partial charge in [0.15, 0.2) is 9.84 Å². The van der Waals surface area contributed by atoms with E-state index in [2.05, 4.69) is 0 Å². The Morgan fingerprint density at radius 3 is 2.39 bits per heavy atom. The Hall–Kier alpha value is -1.42. The van der Waals surface area contributed by atoms with Crippen LogP contribution in [-0.4, -0.2) is 50.9 Å². The first-order chi connectivity index (χ1) is 8.49. The Bertz CT molecular complexity index is 517. The van der Waals surface area contributed by atoms with E-state index in [-0.39, 0.29) is 17.3 Å². The lowest BCUT2D eigenvalue weighted by Crippen LogP contribution is -2.28. The molecule has 1 rings (SSSR count). The smallest absolute Gasteiger partial charge is 0.179 e. The van der Waals surface area contributed by atoms with Crippen LogP contribution in [0, 0.1) is 11.3 Å². The van der Waals surface area contributed by atoms with Crippen LogP contribution < -0.4 is 0 Å². The molecule has 0 saturated carbocycles. The molecule has 0 spiro atoms. The molecule has 1 N–H and O–H groups in total. The summed E-state index contributed by atoms with van der Waals surface area (Å²) in [6, 6.07) is 7.81. The van der Waals surface area contributed by atoms with Gasteiger partial charge in [0.25, 0.3) is 0 Å². The summed E-state index contributed by atoms with van der Waals surface area (Å²) >= 11 is 0. The van der Waals surface area contributed by atoms with E-state index < -0.39 is 9.84 Å². The number of rotatable bonds is 6. The summed E-state index contributed by atoms with van der Waals surface area (Å²) in [5.74, 6) is -0.00456. The van der Waals surface area contributed by atoms with Gasteiger partial charge in [0.05, 0.1) is 28.9 Å². The maximum absolute atomic E-state index is 12.0. The fourth-order valence-electron chi connectivity index (χ4n) is 1.41. The maximum Gasteiger partial charge on any atom is 0.179 e. The molecule has 0 amide bonds. The van der Waals surface area contributed by atoms with Gasteiger partial charge < -0.3 is 10.0 Å². The fraction of sp³-hybridized carbons (Fsp3) is 0.417. The van der Waals surface area contributed by atoms with Crippen LogP contribution >= 0.6 is 0 Å². The molecular weight excluding hydrogens is 252 g/mol. The van der Waals surface area contributed by atoms with Crippen LogP contribution in [0.5, 0.6) is 0 Å². The molecular formula is C12H16N2O3S. The van der Waals surface area contributed by atoms with E-state index in [0.29, 0.717) is 18.7 Å². The van der Waals surface area contributed by atoms with E-state index in [0.717, 1.165) is 0 Å². The second kappa shape index (κ2) is 6.50. The quantitative estimate of drug-likeness (QED) is 0.800. The van der Waals surface area contributed by atoms with Gasteiger partial charge in [-0.05, 0) is 31.3 Å². The summed E-state index contributed by atoms with van der Waals surface area (Å²) in [5, 5.41) is 17.4. The van der Waals surface area contributed by atoms with Gasteiger partial charge in [0, 0.05) is 13.1 Å². The molecule has 0 radical (unpaired) electrons. The summed E-state index contributed by atoms with van der Waals surface area (Å²) in [7, 11) is -1.58. The minimum atomic E-state index is -3.33. The first-order valence-corrected chi connectivity index (χ1v) is 7.17. The second-order valence-electron chi connectivity index (χ2n) is 3.98. The van der Waals surface area contributed by atoms with Crippen LogP contribution in [0.2, 0.25) is 0 Å². The van der Waals surface area contributed by atoms with Crippen molar-refractivity contribution in [3.8, 4) is 6.07 Å². The molecule has 18 heavy (non-hydrogen) atoms. The third-order valence-electron chi connectivity index (χ3n) is 2.57. The third kappa shape index (κ3) is 4.11. The number of nitrogens with zero attached hydrogens (tertiary/aromatic N) is 2. The molecule has 5 nitrogen and oxygen atoms in total. The van der Waals surface area contributed by atoms with Gasteiger partial charge in [-0.25, -0.2) is 8.42 Å². The molecule has 0 fully saturated rings. The second-order valence-corrected chi connectivity index (χ2v) is 6.09. The molecule has 1 aromatic rings. The summed E-state index contributed by atoms with van der Waals surface area (Å²) < 4.78 is 23.9. The number of hydrogen-bond donors (Lipinski definition) is 1. The number of aliphatic hydroxyl groups excluding tert-OH is 1. The van der Waals surface area contributed by atoms with Crippen molar-refractivity contribution >= 4 is 9.84 Å². The lowest BCUT2D eigenvalue weighted by atomic mass is 10.2. The molecule has 6 heteroatoms. The maximum atomic E-state index is 12.0. The average molecular weight is 268 g/mol. The molecule has 0 unspecified atom stereocenters. The highest BCUT2D eigenvalue weighted by Crippen LogP contribution is 2.12. The monoisotopic (exact) mass is 268 g/mol. The van der Waals surface area contributed by atoms with Gasteiger partial charge in [0.2, 0.25) is 0 Å². The van der Waals surface area contributed by atoms with Crippen LogP contribution in [0.3, 0.4) is 0 Å². The zero-order chi connectivity index (χ0) is 13.6. The van der Waals surface area contributed by atoms with E-state index in [1.807, 2.05) is 6.07 Å². The predicted molar refractivity (Wildman–Crippen MR) is 67.8 cm³/mol. The van der Waals surface area contributed by atoms with Gasteiger partial charge in [-0.2, -0.15) is 5.26 Å². The number of likely N-dealkylation sites (N-methyl/N-ethyl adjacent to an activating group) is 1. The Kier molecular flexibility index (Phi) is 5.28. The van der Waals surface area contributed by atoms with Gasteiger partial charge in [-0.1, -0.05) is 0 Å². The Morgan fingerprint density at radius 2 is 1.89 bits per heavy atom. The normalized spacial score (nSPS) is 11.4. The van der Waals surface area contributed by atoms with Crippen LogP contribution in [0.25, 0.3) is 0 Å². The summed E-state index contributed by atoms with van der Waals surface area (Å²) in [6.07, 6.45) is 0. The molecule has 0 aliphatic rings. The highest BCUT2D eigenvalue weighted by Gasteiger charge is 2.15. The molecule has 0 aliphatic heterocycles. The minimum Gasteiger partial charge on any atom is -0.395 e. The summed E-state index contributed by atoms with van der Waals surface area (Å²) in [4.78, 5) is 1.97. The first kappa shape index (κ1) is 14.6. The highest BCUT2D eigenvalue weighted by molar-refractivity contribution is 7.91. The van der Waals surface area contributed by atoms with Gasteiger partial charge in [-0.3, -0.25) is 0 Å². The number of sulfone groups is 1. The lowest BCUT2D eigenvalue weighted by molar-refractivity contribution is 0.227. The first-order valence-electron chi connectivity index (χ1n) is 5.52. The Labute approximate surface area is 107 Å². The van der Waals surface area contributed by atoms with Crippen molar-refractivity contribution in [3.05, 3.63) is 29.8 Å². The van der Waals surface area contributed by atoms with E-state index in [1.54, 1.807) is 11.9 Å². The van der Waals surface area contributed by atoms with E-state index in [9.17, 15) is 8.42 Å². The lowest BCUT2D eigenvalue weighted by Gasteiger charge is -2.14. The van der Waals surface area contributed by atoms with Crippen molar-refractivity contribution in [3.63, 3.8) is 0 Å². The van der Waals surface area contributed by atoms with Crippen molar-refractivity contribution in [1.82, 2.24) is 4.90 Å². The SMILES string of the molecule is CN(CCO)CCS(=O)(=O)c1ccc(C#N)cc1.